The molecule has 1 aromatic carbocycles. The van der Waals surface area contributed by atoms with Crippen LogP contribution in [0.5, 0.6) is 0 Å². The Hall–Kier alpha value is -1.15. The third-order valence-corrected chi connectivity index (χ3v) is 3.50. The molecule has 0 bridgehead atoms. The van der Waals surface area contributed by atoms with Gasteiger partial charge in [-0.25, -0.2) is 0 Å². The second-order valence-electron chi connectivity index (χ2n) is 4.84. The van der Waals surface area contributed by atoms with E-state index in [0.717, 1.165) is 6.42 Å². The molecular weight excluding hydrogens is 200 g/mol. The Labute approximate surface area is 96.6 Å². The molecule has 1 aromatic rings. The van der Waals surface area contributed by atoms with Crippen molar-refractivity contribution in [2.75, 3.05) is 0 Å². The van der Waals surface area contributed by atoms with Gasteiger partial charge in [-0.05, 0) is 32.8 Å². The fourth-order valence-electron chi connectivity index (χ4n) is 2.16. The molecule has 0 spiro atoms. The summed E-state index contributed by atoms with van der Waals surface area (Å²) in [5.74, 6) is 0.612. The second kappa shape index (κ2) is 4.02. The number of ether oxygens (including phenoxy) is 1. The van der Waals surface area contributed by atoms with Crippen LogP contribution in [0, 0.1) is 5.92 Å². The number of hydrogen-bond donors (Lipinski definition) is 0. The summed E-state index contributed by atoms with van der Waals surface area (Å²) < 4.78 is 5.44. The van der Waals surface area contributed by atoms with Crippen LogP contribution < -0.4 is 0 Å². The maximum atomic E-state index is 10.1. The quantitative estimate of drug-likeness (QED) is 0.566. The molecular formula is C14H19O2+. The summed E-state index contributed by atoms with van der Waals surface area (Å²) in [5, 5.41) is 0. The van der Waals surface area contributed by atoms with Crippen molar-refractivity contribution >= 4 is 5.78 Å². The summed E-state index contributed by atoms with van der Waals surface area (Å²) in [5.41, 5.74) is 0.840. The van der Waals surface area contributed by atoms with Crippen molar-refractivity contribution < 1.29 is 9.53 Å². The van der Waals surface area contributed by atoms with Crippen molar-refractivity contribution in [2.24, 2.45) is 5.92 Å². The van der Waals surface area contributed by atoms with E-state index < -0.39 is 5.60 Å². The topological polar surface area (TPSA) is 33.9 Å². The van der Waals surface area contributed by atoms with E-state index in [9.17, 15) is 4.79 Å². The van der Waals surface area contributed by atoms with Crippen molar-refractivity contribution in [3.8, 4) is 0 Å². The molecule has 86 valence electrons. The fourth-order valence-corrected chi connectivity index (χ4v) is 2.16. The predicted octanol–water partition coefficient (Wildman–Crippen LogP) is 2.59. The van der Waals surface area contributed by atoms with Gasteiger partial charge in [0, 0.05) is 0 Å². The highest BCUT2D eigenvalue weighted by Gasteiger charge is 2.60. The van der Waals surface area contributed by atoms with Crippen LogP contribution in [0.25, 0.3) is 0 Å². The van der Waals surface area contributed by atoms with Gasteiger partial charge < -0.3 is 4.74 Å². The van der Waals surface area contributed by atoms with Gasteiger partial charge in [-0.3, -0.25) is 4.79 Å². The monoisotopic (exact) mass is 219 g/mol. The van der Waals surface area contributed by atoms with Crippen LogP contribution >= 0.6 is 0 Å². The summed E-state index contributed by atoms with van der Waals surface area (Å²) in [6, 6.07) is 10.2. The Morgan fingerprint density at radius 3 is 2.50 bits per heavy atom. The Kier molecular flexibility index (Phi) is 2.85. The first kappa shape index (κ1) is 11.3. The average Bonchev–Trinajstić information content (AvgIpc) is 2.88. The molecule has 3 atom stereocenters. The maximum Gasteiger partial charge on any atom is 0.329 e. The third kappa shape index (κ3) is 2.03. The Balaban J connectivity index is 1.99. The van der Waals surface area contributed by atoms with Crippen LogP contribution in [0.2, 0.25) is 0 Å². The van der Waals surface area contributed by atoms with Gasteiger partial charge in [0.2, 0.25) is 5.60 Å². The number of carbonyl (C=O) groups excluding carboxylic acids is 1. The van der Waals surface area contributed by atoms with Gasteiger partial charge in [0.15, 0.2) is 0 Å². The lowest BCUT2D eigenvalue weighted by Crippen LogP contribution is -2.30. The summed E-state index contributed by atoms with van der Waals surface area (Å²) in [7, 11) is 0. The van der Waals surface area contributed by atoms with E-state index in [2.05, 4.69) is 12.1 Å². The number of rotatable bonds is 4. The molecule has 1 saturated heterocycles. The minimum atomic E-state index is -0.409. The molecule has 0 unspecified atom stereocenters. The highest BCUT2D eigenvalue weighted by Crippen LogP contribution is 2.38. The van der Waals surface area contributed by atoms with Crippen molar-refractivity contribution in [3.63, 3.8) is 0 Å². The lowest BCUT2D eigenvalue weighted by molar-refractivity contribution is 0.343. The minimum Gasteiger partial charge on any atom is -0.353 e. The van der Waals surface area contributed by atoms with Crippen LogP contribution in [0.15, 0.2) is 30.3 Å². The molecule has 2 heteroatoms. The Bertz CT molecular complexity index is 385. The molecule has 0 amide bonds. The largest absolute Gasteiger partial charge is 0.353 e. The fraction of sp³-hybridized carbons (Fsp3) is 0.500. The summed E-state index contributed by atoms with van der Waals surface area (Å²) in [6.07, 6.45) is 1.00. The molecule has 1 aliphatic heterocycles. The number of ketones is 1. The van der Waals surface area contributed by atoms with Gasteiger partial charge in [-0.2, -0.15) is 0 Å². The van der Waals surface area contributed by atoms with E-state index >= 15 is 0 Å². The lowest BCUT2D eigenvalue weighted by atomic mass is 9.88. The summed E-state index contributed by atoms with van der Waals surface area (Å²) >= 11 is 0. The zero-order valence-electron chi connectivity index (χ0n) is 10.1. The normalized spacial score (nSPS) is 29.8. The first-order chi connectivity index (χ1) is 7.54. The van der Waals surface area contributed by atoms with E-state index in [-0.39, 0.29) is 12.0 Å². The van der Waals surface area contributed by atoms with Crippen molar-refractivity contribution in [2.45, 2.75) is 38.9 Å². The van der Waals surface area contributed by atoms with Crippen LogP contribution in [0.1, 0.15) is 26.3 Å². The number of hydrogen-bond acceptors (Lipinski definition) is 1. The SMILES string of the molecule is C[C@@H]1O[C@@]1(C)C(=[OH+])[C@@H](C)Cc1ccccc1. The zero-order valence-corrected chi connectivity index (χ0v) is 10.1. The maximum absolute atomic E-state index is 10.1. The molecule has 2 nitrogen and oxygen atoms in total. The first-order valence-corrected chi connectivity index (χ1v) is 5.82. The van der Waals surface area contributed by atoms with Gasteiger partial charge >= 0.3 is 5.78 Å². The lowest BCUT2D eigenvalue weighted by Gasteiger charge is -2.08. The smallest absolute Gasteiger partial charge is 0.329 e. The predicted molar refractivity (Wildman–Crippen MR) is 65.2 cm³/mol. The molecule has 0 aliphatic carbocycles. The number of benzene rings is 1. The Morgan fingerprint density at radius 2 is 2.00 bits per heavy atom. The van der Waals surface area contributed by atoms with Crippen LogP contribution in [-0.2, 0) is 11.2 Å². The van der Waals surface area contributed by atoms with Crippen LogP contribution in [0.4, 0.5) is 0 Å². The van der Waals surface area contributed by atoms with Crippen molar-refractivity contribution in [1.82, 2.24) is 0 Å². The van der Waals surface area contributed by atoms with E-state index in [0.29, 0.717) is 5.78 Å². The van der Waals surface area contributed by atoms with Crippen molar-refractivity contribution in [1.29, 1.82) is 0 Å². The molecule has 0 saturated carbocycles. The molecule has 1 aliphatic rings. The third-order valence-electron chi connectivity index (χ3n) is 3.50. The van der Waals surface area contributed by atoms with Gasteiger partial charge in [0.05, 0.1) is 12.0 Å². The number of epoxide rings is 1. The second-order valence-corrected chi connectivity index (χ2v) is 4.84. The average molecular weight is 219 g/mol. The molecule has 16 heavy (non-hydrogen) atoms. The van der Waals surface area contributed by atoms with Crippen LogP contribution in [-0.4, -0.2) is 22.3 Å². The highest BCUT2D eigenvalue weighted by atomic mass is 16.6. The zero-order chi connectivity index (χ0) is 11.8. The Morgan fingerprint density at radius 1 is 1.44 bits per heavy atom. The van der Waals surface area contributed by atoms with Gasteiger partial charge in [0.1, 0.15) is 0 Å². The molecule has 2 rings (SSSR count). The van der Waals surface area contributed by atoms with Crippen molar-refractivity contribution in [3.05, 3.63) is 35.9 Å². The molecule has 1 fully saturated rings. The van der Waals surface area contributed by atoms with Gasteiger partial charge in [-0.15, -0.1) is 0 Å². The van der Waals surface area contributed by atoms with E-state index in [4.69, 9.17) is 4.74 Å². The van der Waals surface area contributed by atoms with E-state index in [1.807, 2.05) is 39.0 Å². The van der Waals surface area contributed by atoms with Crippen LogP contribution in [0.3, 0.4) is 0 Å². The molecule has 0 radical (unpaired) electrons. The van der Waals surface area contributed by atoms with Gasteiger partial charge in [0.25, 0.3) is 0 Å². The molecule has 1 heterocycles. The minimum absolute atomic E-state index is 0.136. The molecule has 1 N–H and O–H groups in total. The van der Waals surface area contributed by atoms with E-state index in [1.165, 1.54) is 5.56 Å². The summed E-state index contributed by atoms with van der Waals surface area (Å²) in [6.45, 7) is 5.99. The molecule has 0 aromatic heterocycles. The summed E-state index contributed by atoms with van der Waals surface area (Å²) in [4.78, 5) is 10.1. The van der Waals surface area contributed by atoms with E-state index in [1.54, 1.807) is 0 Å². The highest BCUT2D eigenvalue weighted by molar-refractivity contribution is 5.92. The standard InChI is InChI=1S/C14H18O2/c1-10(9-12-7-5-4-6-8-12)13(15)14(3)11(2)16-14/h4-8,10-11H,9H2,1-3H3/p+1/t10-,11-,14+/m0/s1. The first-order valence-electron chi connectivity index (χ1n) is 5.82. The van der Waals surface area contributed by atoms with Gasteiger partial charge in [-0.1, -0.05) is 30.3 Å².